The van der Waals surface area contributed by atoms with Crippen LogP contribution in [0.5, 0.6) is 5.75 Å². The highest BCUT2D eigenvalue weighted by Crippen LogP contribution is 2.27. The Kier molecular flexibility index (Phi) is 6.14. The standard InChI is InChI=1S/C17H21BrN4O2/c1-4-11-6-7-14(12(18)8-11)24-9-13-15(16(23)20-5-2)10(3)21-17(19)22-13/h6-8H,4-5,9H2,1-3H3,(H,20,23)(H2,19,21,22). The predicted octanol–water partition coefficient (Wildman–Crippen LogP) is 3.02. The maximum Gasteiger partial charge on any atom is 0.255 e. The normalized spacial score (nSPS) is 10.5. The van der Waals surface area contributed by atoms with Crippen molar-refractivity contribution in [2.24, 2.45) is 0 Å². The average molecular weight is 393 g/mol. The molecule has 24 heavy (non-hydrogen) atoms. The molecule has 6 nitrogen and oxygen atoms in total. The molecule has 0 aliphatic carbocycles. The summed E-state index contributed by atoms with van der Waals surface area (Å²) in [5, 5.41) is 2.76. The second kappa shape index (κ2) is 8.10. The minimum atomic E-state index is -0.228. The molecule has 3 N–H and O–H groups in total. The van der Waals surface area contributed by atoms with Gasteiger partial charge in [-0.3, -0.25) is 4.79 Å². The molecular formula is C17H21BrN4O2. The highest BCUT2D eigenvalue weighted by Gasteiger charge is 2.18. The van der Waals surface area contributed by atoms with E-state index in [1.165, 1.54) is 5.56 Å². The van der Waals surface area contributed by atoms with Crippen LogP contribution in [0.4, 0.5) is 5.95 Å². The number of benzene rings is 1. The SMILES string of the molecule is CCNC(=O)c1c(C)nc(N)nc1COc1ccc(CC)cc1Br. The first-order chi connectivity index (χ1) is 11.5. The van der Waals surface area contributed by atoms with Gasteiger partial charge in [-0.2, -0.15) is 0 Å². The molecule has 1 aromatic heterocycles. The van der Waals surface area contributed by atoms with Gasteiger partial charge in [0.05, 0.1) is 21.4 Å². The van der Waals surface area contributed by atoms with Crippen LogP contribution in [0.15, 0.2) is 22.7 Å². The third-order valence-electron chi connectivity index (χ3n) is 3.52. The summed E-state index contributed by atoms with van der Waals surface area (Å²) in [7, 11) is 0. The zero-order valence-corrected chi connectivity index (χ0v) is 15.6. The number of hydrogen-bond donors (Lipinski definition) is 2. The van der Waals surface area contributed by atoms with Gasteiger partial charge in [0.1, 0.15) is 12.4 Å². The van der Waals surface area contributed by atoms with Gasteiger partial charge in [-0.15, -0.1) is 0 Å². The van der Waals surface area contributed by atoms with E-state index in [1.54, 1.807) is 6.92 Å². The Balaban J connectivity index is 2.27. The summed E-state index contributed by atoms with van der Waals surface area (Å²) in [5.41, 5.74) is 8.34. The van der Waals surface area contributed by atoms with E-state index in [4.69, 9.17) is 10.5 Å². The highest BCUT2D eigenvalue weighted by atomic mass is 79.9. The lowest BCUT2D eigenvalue weighted by molar-refractivity contribution is 0.0951. The lowest BCUT2D eigenvalue weighted by atomic mass is 10.1. The summed E-state index contributed by atoms with van der Waals surface area (Å²) in [6.45, 7) is 6.33. The Hall–Kier alpha value is -2.15. The van der Waals surface area contributed by atoms with Crippen molar-refractivity contribution >= 4 is 27.8 Å². The number of nitrogens with zero attached hydrogens (tertiary/aromatic N) is 2. The number of halogens is 1. The quantitative estimate of drug-likeness (QED) is 0.788. The van der Waals surface area contributed by atoms with Gasteiger partial charge in [-0.25, -0.2) is 9.97 Å². The molecule has 2 aromatic rings. The van der Waals surface area contributed by atoms with E-state index in [1.807, 2.05) is 25.1 Å². The number of aromatic nitrogens is 2. The van der Waals surface area contributed by atoms with Crippen LogP contribution in [-0.4, -0.2) is 22.4 Å². The Morgan fingerprint density at radius 2 is 2.08 bits per heavy atom. The number of nitrogens with two attached hydrogens (primary N) is 1. The molecule has 0 saturated heterocycles. The zero-order chi connectivity index (χ0) is 17.7. The second-order valence-corrected chi connectivity index (χ2v) is 6.11. The van der Waals surface area contributed by atoms with Crippen molar-refractivity contribution in [2.75, 3.05) is 12.3 Å². The second-order valence-electron chi connectivity index (χ2n) is 5.26. The summed E-state index contributed by atoms with van der Waals surface area (Å²) in [6.07, 6.45) is 0.946. The molecule has 0 saturated carbocycles. The van der Waals surface area contributed by atoms with Crippen LogP contribution in [0.1, 0.15) is 41.2 Å². The predicted molar refractivity (Wildman–Crippen MR) is 97.0 cm³/mol. The molecule has 0 atom stereocenters. The summed E-state index contributed by atoms with van der Waals surface area (Å²) in [4.78, 5) is 20.5. The molecule has 128 valence electrons. The number of amides is 1. The van der Waals surface area contributed by atoms with Gasteiger partial charge >= 0.3 is 0 Å². The fourth-order valence-electron chi connectivity index (χ4n) is 2.33. The Bertz CT molecular complexity index is 750. The van der Waals surface area contributed by atoms with Crippen LogP contribution in [-0.2, 0) is 13.0 Å². The first-order valence-electron chi connectivity index (χ1n) is 7.78. The number of hydrogen-bond acceptors (Lipinski definition) is 5. The van der Waals surface area contributed by atoms with Crippen LogP contribution in [0.3, 0.4) is 0 Å². The topological polar surface area (TPSA) is 90.1 Å². The van der Waals surface area contributed by atoms with E-state index in [2.05, 4.69) is 38.1 Å². The van der Waals surface area contributed by atoms with Crippen molar-refractivity contribution in [3.63, 3.8) is 0 Å². The minimum absolute atomic E-state index is 0.125. The van der Waals surface area contributed by atoms with Crippen LogP contribution >= 0.6 is 15.9 Å². The molecule has 0 aliphatic rings. The largest absolute Gasteiger partial charge is 0.486 e. The lowest BCUT2D eigenvalue weighted by Crippen LogP contribution is -2.26. The molecule has 1 heterocycles. The van der Waals surface area contributed by atoms with Crippen molar-refractivity contribution in [3.05, 3.63) is 45.2 Å². The molecule has 0 bridgehead atoms. The molecular weight excluding hydrogens is 372 g/mol. The molecule has 0 spiro atoms. The van der Waals surface area contributed by atoms with Crippen molar-refractivity contribution in [1.82, 2.24) is 15.3 Å². The number of anilines is 1. The number of carbonyl (C=O) groups excluding carboxylic acids is 1. The summed E-state index contributed by atoms with van der Waals surface area (Å²) < 4.78 is 6.69. The number of carbonyl (C=O) groups is 1. The van der Waals surface area contributed by atoms with Gasteiger partial charge in [0.2, 0.25) is 5.95 Å². The first kappa shape index (κ1) is 18.2. The van der Waals surface area contributed by atoms with Gasteiger partial charge in [0.25, 0.3) is 5.91 Å². The van der Waals surface area contributed by atoms with Crippen LogP contribution in [0, 0.1) is 6.92 Å². The van der Waals surface area contributed by atoms with Crippen LogP contribution in [0.2, 0.25) is 0 Å². The number of nitrogen functional groups attached to an aromatic ring is 1. The minimum Gasteiger partial charge on any atom is -0.486 e. The molecule has 1 aromatic carbocycles. The fourth-order valence-corrected chi connectivity index (χ4v) is 2.87. The Morgan fingerprint density at radius 3 is 2.71 bits per heavy atom. The summed E-state index contributed by atoms with van der Waals surface area (Å²) in [6, 6.07) is 5.91. The Labute approximate surface area is 150 Å². The molecule has 2 rings (SSSR count). The smallest absolute Gasteiger partial charge is 0.255 e. The highest BCUT2D eigenvalue weighted by molar-refractivity contribution is 9.10. The van der Waals surface area contributed by atoms with Gasteiger partial charge in [-0.1, -0.05) is 13.0 Å². The lowest BCUT2D eigenvalue weighted by Gasteiger charge is -2.13. The van der Waals surface area contributed by atoms with E-state index < -0.39 is 0 Å². The van der Waals surface area contributed by atoms with Crippen molar-refractivity contribution in [2.45, 2.75) is 33.8 Å². The fraction of sp³-hybridized carbons (Fsp3) is 0.353. The van der Waals surface area contributed by atoms with Gasteiger partial charge < -0.3 is 15.8 Å². The molecule has 0 radical (unpaired) electrons. The summed E-state index contributed by atoms with van der Waals surface area (Å²) in [5.74, 6) is 0.581. The summed E-state index contributed by atoms with van der Waals surface area (Å²) >= 11 is 3.50. The van der Waals surface area contributed by atoms with E-state index in [-0.39, 0.29) is 18.5 Å². The van der Waals surface area contributed by atoms with E-state index in [9.17, 15) is 4.79 Å². The monoisotopic (exact) mass is 392 g/mol. The van der Waals surface area contributed by atoms with E-state index in [0.29, 0.717) is 29.2 Å². The number of nitrogens with one attached hydrogen (secondary N) is 1. The average Bonchev–Trinajstić information content (AvgIpc) is 2.53. The molecule has 0 unspecified atom stereocenters. The van der Waals surface area contributed by atoms with Gasteiger partial charge in [0, 0.05) is 6.54 Å². The molecule has 7 heteroatoms. The zero-order valence-electron chi connectivity index (χ0n) is 14.0. The van der Waals surface area contributed by atoms with E-state index >= 15 is 0 Å². The maximum atomic E-state index is 12.3. The molecule has 0 aliphatic heterocycles. The van der Waals surface area contributed by atoms with Crippen molar-refractivity contribution in [3.8, 4) is 5.75 Å². The third-order valence-corrected chi connectivity index (χ3v) is 4.14. The van der Waals surface area contributed by atoms with Crippen molar-refractivity contribution in [1.29, 1.82) is 0 Å². The maximum absolute atomic E-state index is 12.3. The Morgan fingerprint density at radius 1 is 1.33 bits per heavy atom. The van der Waals surface area contributed by atoms with Gasteiger partial charge in [-0.05, 0) is 53.9 Å². The number of ether oxygens (including phenoxy) is 1. The number of aryl methyl sites for hydroxylation is 2. The van der Waals surface area contributed by atoms with Gasteiger partial charge in [0.15, 0.2) is 0 Å². The molecule has 0 fully saturated rings. The third kappa shape index (κ3) is 4.23. The van der Waals surface area contributed by atoms with Crippen LogP contribution in [0.25, 0.3) is 0 Å². The first-order valence-corrected chi connectivity index (χ1v) is 8.57. The molecule has 1 amide bonds. The number of rotatable bonds is 6. The van der Waals surface area contributed by atoms with E-state index in [0.717, 1.165) is 10.9 Å². The van der Waals surface area contributed by atoms with Crippen LogP contribution < -0.4 is 15.8 Å². The van der Waals surface area contributed by atoms with Crippen molar-refractivity contribution < 1.29 is 9.53 Å².